The van der Waals surface area contributed by atoms with Crippen LogP contribution in [0.5, 0.6) is 0 Å². The second-order valence-corrected chi connectivity index (χ2v) is 7.89. The van der Waals surface area contributed by atoms with Crippen molar-refractivity contribution >= 4 is 17.8 Å². The van der Waals surface area contributed by atoms with Gasteiger partial charge in [-0.25, -0.2) is 4.79 Å². The maximum absolute atomic E-state index is 12.0. The molecule has 0 aliphatic rings. The predicted molar refractivity (Wildman–Crippen MR) is 129 cm³/mol. The first kappa shape index (κ1) is 28.7. The molecule has 0 aromatic heterocycles. The summed E-state index contributed by atoms with van der Waals surface area (Å²) in [7, 11) is 0. The lowest BCUT2D eigenvalue weighted by atomic mass is 10.1. The summed E-state index contributed by atoms with van der Waals surface area (Å²) >= 11 is 0. The normalized spacial score (nSPS) is 12.3. The minimum atomic E-state index is -1.03. The molecular weight excluding hydrogens is 392 g/mol. The fraction of sp³-hybridized carbons (Fsp3) is 0.708. The second kappa shape index (κ2) is 20.9. The highest BCUT2D eigenvalue weighted by Crippen LogP contribution is 2.09. The van der Waals surface area contributed by atoms with Crippen molar-refractivity contribution in [2.75, 3.05) is 6.54 Å². The number of allylic oxidation sites excluding steroid dienone is 4. The molecule has 0 saturated heterocycles. The predicted octanol–water partition coefficient (Wildman–Crippen LogP) is 4.42. The van der Waals surface area contributed by atoms with Crippen LogP contribution in [0.1, 0.15) is 96.8 Å². The fourth-order valence-electron chi connectivity index (χ4n) is 3.12. The van der Waals surface area contributed by atoms with Gasteiger partial charge in [0.25, 0.3) is 0 Å². The Hall–Kier alpha value is -2.31. The van der Waals surface area contributed by atoms with E-state index < -0.39 is 12.0 Å². The number of guanidine groups is 1. The lowest BCUT2D eigenvalue weighted by Gasteiger charge is -2.14. The second-order valence-electron chi connectivity index (χ2n) is 7.89. The highest BCUT2D eigenvalue weighted by molar-refractivity contribution is 5.83. The van der Waals surface area contributed by atoms with E-state index in [0.29, 0.717) is 25.8 Å². The lowest BCUT2D eigenvalue weighted by Crippen LogP contribution is -2.40. The highest BCUT2D eigenvalue weighted by Gasteiger charge is 2.18. The van der Waals surface area contributed by atoms with Crippen molar-refractivity contribution in [1.82, 2.24) is 5.32 Å². The van der Waals surface area contributed by atoms with E-state index in [9.17, 15) is 14.7 Å². The number of carboxylic acids is 1. The molecule has 0 aliphatic carbocycles. The fourth-order valence-corrected chi connectivity index (χ4v) is 3.12. The molecule has 0 aromatic rings. The zero-order valence-corrected chi connectivity index (χ0v) is 19.4. The molecule has 31 heavy (non-hydrogen) atoms. The number of hydrogen-bond acceptors (Lipinski definition) is 3. The van der Waals surface area contributed by atoms with E-state index >= 15 is 0 Å². The molecular formula is C24H44N4O3. The number of nitrogens with two attached hydrogens (primary N) is 2. The van der Waals surface area contributed by atoms with Crippen LogP contribution in [0.4, 0.5) is 0 Å². The number of carboxylic acid groups (broad SMARTS) is 1. The molecule has 0 aromatic carbocycles. The molecule has 0 spiro atoms. The van der Waals surface area contributed by atoms with Crippen LogP contribution in [-0.2, 0) is 9.59 Å². The van der Waals surface area contributed by atoms with Crippen LogP contribution < -0.4 is 16.8 Å². The Morgan fingerprint density at radius 1 is 0.903 bits per heavy atom. The van der Waals surface area contributed by atoms with Gasteiger partial charge in [0.2, 0.25) is 5.91 Å². The summed E-state index contributed by atoms with van der Waals surface area (Å²) in [5, 5.41) is 11.8. The van der Waals surface area contributed by atoms with E-state index in [4.69, 9.17) is 11.5 Å². The van der Waals surface area contributed by atoms with Crippen molar-refractivity contribution in [1.29, 1.82) is 0 Å². The first-order chi connectivity index (χ1) is 15.0. The number of hydrogen-bond donors (Lipinski definition) is 4. The molecule has 0 bridgehead atoms. The van der Waals surface area contributed by atoms with Crippen LogP contribution in [0.3, 0.4) is 0 Å². The van der Waals surface area contributed by atoms with E-state index in [1.54, 1.807) is 0 Å². The Labute approximate surface area is 188 Å². The summed E-state index contributed by atoms with van der Waals surface area (Å²) < 4.78 is 0. The van der Waals surface area contributed by atoms with Crippen LogP contribution in [0.2, 0.25) is 0 Å². The molecule has 0 unspecified atom stereocenters. The Morgan fingerprint density at radius 2 is 1.52 bits per heavy atom. The molecule has 178 valence electrons. The number of unbranched alkanes of at least 4 members (excludes halogenated alkanes) is 8. The zero-order chi connectivity index (χ0) is 23.2. The zero-order valence-electron chi connectivity index (χ0n) is 19.4. The van der Waals surface area contributed by atoms with Gasteiger partial charge in [0.05, 0.1) is 0 Å². The third-order valence-electron chi connectivity index (χ3n) is 4.93. The number of aliphatic imine (C=N–C) groups is 1. The molecule has 0 rings (SSSR count). The van der Waals surface area contributed by atoms with Crippen LogP contribution in [0.15, 0.2) is 29.3 Å². The molecule has 7 nitrogen and oxygen atoms in total. The Morgan fingerprint density at radius 3 is 2.13 bits per heavy atom. The van der Waals surface area contributed by atoms with Gasteiger partial charge < -0.3 is 21.9 Å². The maximum atomic E-state index is 12.0. The molecule has 6 N–H and O–H groups in total. The van der Waals surface area contributed by atoms with Crippen LogP contribution in [-0.4, -0.2) is 35.5 Å². The minimum Gasteiger partial charge on any atom is -0.480 e. The average Bonchev–Trinajstić information content (AvgIpc) is 2.72. The average molecular weight is 437 g/mol. The number of nitrogens with one attached hydrogen (secondary N) is 1. The molecule has 1 amide bonds. The minimum absolute atomic E-state index is 0.0164. The lowest BCUT2D eigenvalue weighted by molar-refractivity contribution is -0.142. The van der Waals surface area contributed by atoms with Crippen LogP contribution >= 0.6 is 0 Å². The van der Waals surface area contributed by atoms with Gasteiger partial charge in [0.1, 0.15) is 6.04 Å². The number of carbonyl (C=O) groups is 2. The van der Waals surface area contributed by atoms with E-state index in [1.807, 2.05) is 0 Å². The van der Waals surface area contributed by atoms with Gasteiger partial charge in [-0.3, -0.25) is 9.79 Å². The largest absolute Gasteiger partial charge is 0.480 e. The van der Waals surface area contributed by atoms with E-state index in [-0.39, 0.29) is 11.9 Å². The summed E-state index contributed by atoms with van der Waals surface area (Å²) in [5.41, 5.74) is 10.5. The third kappa shape index (κ3) is 20.7. The summed E-state index contributed by atoms with van der Waals surface area (Å²) in [6, 6.07) is -0.889. The van der Waals surface area contributed by atoms with Crippen molar-refractivity contribution in [2.45, 2.75) is 103 Å². The van der Waals surface area contributed by atoms with Crippen LogP contribution in [0.25, 0.3) is 0 Å². The SMILES string of the molecule is CCCCC/C=C\C/C=C\CCCCCCCC(=O)N[C@@H](CCCN=C(N)N)C(=O)O. The summed E-state index contributed by atoms with van der Waals surface area (Å²) in [4.78, 5) is 27.1. The van der Waals surface area contributed by atoms with Gasteiger partial charge in [-0.1, -0.05) is 63.3 Å². The van der Waals surface area contributed by atoms with Crippen molar-refractivity contribution < 1.29 is 14.7 Å². The van der Waals surface area contributed by atoms with Crippen molar-refractivity contribution in [3.8, 4) is 0 Å². The summed E-state index contributed by atoms with van der Waals surface area (Å²) in [6.45, 7) is 2.58. The number of nitrogens with zero attached hydrogens (tertiary/aromatic N) is 1. The van der Waals surface area contributed by atoms with E-state index in [0.717, 1.165) is 38.5 Å². The van der Waals surface area contributed by atoms with E-state index in [2.05, 4.69) is 41.5 Å². The van der Waals surface area contributed by atoms with Gasteiger partial charge in [0.15, 0.2) is 5.96 Å². The topological polar surface area (TPSA) is 131 Å². The highest BCUT2D eigenvalue weighted by atomic mass is 16.4. The number of amides is 1. The number of carbonyl (C=O) groups excluding carboxylic acids is 1. The molecule has 1 atom stereocenters. The van der Waals surface area contributed by atoms with E-state index in [1.165, 1.54) is 32.1 Å². The molecule has 7 heteroatoms. The van der Waals surface area contributed by atoms with Crippen molar-refractivity contribution in [3.05, 3.63) is 24.3 Å². The maximum Gasteiger partial charge on any atom is 0.326 e. The Kier molecular flexibility index (Phi) is 19.4. The van der Waals surface area contributed by atoms with Crippen LogP contribution in [0, 0.1) is 0 Å². The first-order valence-corrected chi connectivity index (χ1v) is 11.8. The van der Waals surface area contributed by atoms with Gasteiger partial charge in [0, 0.05) is 13.0 Å². The summed E-state index contributed by atoms with van der Waals surface area (Å²) in [6.07, 6.45) is 22.6. The monoisotopic (exact) mass is 436 g/mol. The van der Waals surface area contributed by atoms with Gasteiger partial charge >= 0.3 is 5.97 Å². The van der Waals surface area contributed by atoms with Gasteiger partial charge in [-0.05, 0) is 51.4 Å². The molecule has 0 saturated carbocycles. The molecule has 0 fully saturated rings. The molecule has 0 radical (unpaired) electrons. The van der Waals surface area contributed by atoms with Crippen molar-refractivity contribution in [3.63, 3.8) is 0 Å². The smallest absolute Gasteiger partial charge is 0.326 e. The Balaban J connectivity index is 3.67. The molecule has 0 heterocycles. The van der Waals surface area contributed by atoms with Gasteiger partial charge in [-0.2, -0.15) is 0 Å². The summed E-state index contributed by atoms with van der Waals surface area (Å²) in [5.74, 6) is -1.25. The number of aliphatic carboxylic acids is 1. The standard InChI is InChI=1S/C24H44N4O3/c1-2-3-4-5-6-7-8-9-10-11-12-13-14-15-16-19-22(29)28-21(23(30)31)18-17-20-27-24(25)26/h6-7,9-10,21H,2-5,8,11-20H2,1H3,(H,28,29)(H,30,31)(H4,25,26,27)/b7-6-,10-9-/t21-/m0/s1. The Bertz CT molecular complexity index is 555. The van der Waals surface area contributed by atoms with Crippen molar-refractivity contribution in [2.24, 2.45) is 16.5 Å². The number of rotatable bonds is 20. The quantitative estimate of drug-likeness (QED) is 0.0971. The van der Waals surface area contributed by atoms with Gasteiger partial charge in [-0.15, -0.1) is 0 Å². The third-order valence-corrected chi connectivity index (χ3v) is 4.93. The molecule has 0 aliphatic heterocycles. The first-order valence-electron chi connectivity index (χ1n) is 11.8.